The number of hydrogen-bond donors (Lipinski definition) is 0. The van der Waals surface area contributed by atoms with Crippen molar-refractivity contribution in [2.24, 2.45) is 5.10 Å². The number of methoxy groups -OCH3 is 1. The number of carbonyl (C=O) groups excluding carboxylic acids is 3. The molecule has 8 nitrogen and oxygen atoms in total. The van der Waals surface area contributed by atoms with E-state index in [0.29, 0.717) is 17.9 Å². The summed E-state index contributed by atoms with van der Waals surface area (Å²) < 4.78 is 10.8. The van der Waals surface area contributed by atoms with E-state index in [2.05, 4.69) is 5.10 Å². The van der Waals surface area contributed by atoms with Crippen molar-refractivity contribution in [3.63, 3.8) is 0 Å². The van der Waals surface area contributed by atoms with E-state index in [1.165, 1.54) is 5.01 Å². The minimum absolute atomic E-state index is 0.0537. The third-order valence-electron chi connectivity index (χ3n) is 6.20. The molecule has 3 amide bonds. The second-order valence-corrected chi connectivity index (χ2v) is 8.23. The lowest BCUT2D eigenvalue weighted by Gasteiger charge is -2.22. The van der Waals surface area contributed by atoms with Gasteiger partial charge in [0.2, 0.25) is 11.8 Å². The molecule has 0 radical (unpaired) electrons. The third kappa shape index (κ3) is 3.98. The number of likely N-dealkylation sites (tertiary alicyclic amines) is 1. The number of rotatable bonds is 6. The highest BCUT2D eigenvalue weighted by molar-refractivity contribution is 6.09. The number of furan rings is 1. The van der Waals surface area contributed by atoms with Gasteiger partial charge in [0.1, 0.15) is 24.1 Å². The Labute approximate surface area is 196 Å². The van der Waals surface area contributed by atoms with Crippen molar-refractivity contribution in [2.45, 2.75) is 24.8 Å². The molecule has 1 saturated heterocycles. The van der Waals surface area contributed by atoms with Crippen molar-refractivity contribution >= 4 is 23.4 Å². The average Bonchev–Trinajstić information content (AvgIpc) is 3.61. The molecule has 0 N–H and O–H groups in total. The van der Waals surface area contributed by atoms with E-state index < -0.39 is 17.9 Å². The topological polar surface area (TPSA) is 92.4 Å². The first-order chi connectivity index (χ1) is 16.5. The van der Waals surface area contributed by atoms with E-state index >= 15 is 0 Å². The zero-order valence-corrected chi connectivity index (χ0v) is 18.6. The van der Waals surface area contributed by atoms with Gasteiger partial charge in [-0.05, 0) is 47.5 Å². The Balaban J connectivity index is 1.38. The maximum Gasteiger partial charge on any atom is 0.263 e. The average molecular weight is 457 g/mol. The van der Waals surface area contributed by atoms with E-state index in [9.17, 15) is 14.4 Å². The summed E-state index contributed by atoms with van der Waals surface area (Å²) in [6.45, 7) is -0.363. The summed E-state index contributed by atoms with van der Waals surface area (Å²) in [5, 5.41) is 5.90. The van der Waals surface area contributed by atoms with Gasteiger partial charge in [0, 0.05) is 12.8 Å². The zero-order chi connectivity index (χ0) is 23.7. The highest BCUT2D eigenvalue weighted by atomic mass is 16.5. The highest BCUT2D eigenvalue weighted by Gasteiger charge is 2.42. The predicted octanol–water partition coefficient (Wildman–Crippen LogP) is 3.51. The van der Waals surface area contributed by atoms with Crippen LogP contribution in [-0.2, 0) is 14.4 Å². The van der Waals surface area contributed by atoms with Gasteiger partial charge in [-0.25, -0.2) is 5.01 Å². The van der Waals surface area contributed by atoms with Crippen molar-refractivity contribution in [1.29, 1.82) is 0 Å². The lowest BCUT2D eigenvalue weighted by molar-refractivity contribution is -0.146. The third-order valence-corrected chi connectivity index (χ3v) is 6.20. The molecule has 3 aromatic rings. The Bertz CT molecular complexity index is 1240. The largest absolute Gasteiger partial charge is 0.497 e. The second kappa shape index (κ2) is 8.97. The monoisotopic (exact) mass is 457 g/mol. The van der Waals surface area contributed by atoms with Gasteiger partial charge in [-0.15, -0.1) is 0 Å². The second-order valence-electron chi connectivity index (χ2n) is 8.23. The molecular formula is C26H23N3O5. The smallest absolute Gasteiger partial charge is 0.263 e. The number of imide groups is 1. The minimum atomic E-state index is -0.570. The first-order valence-corrected chi connectivity index (χ1v) is 11.0. The predicted molar refractivity (Wildman–Crippen MR) is 123 cm³/mol. The molecule has 1 fully saturated rings. The number of ether oxygens (including phenoxy) is 1. The molecule has 0 bridgehead atoms. The van der Waals surface area contributed by atoms with Crippen LogP contribution in [0.15, 0.2) is 82.5 Å². The summed E-state index contributed by atoms with van der Waals surface area (Å²) in [5.41, 5.74) is 2.33. The SMILES string of the molecule is COc1ccc(C2=NN(C(=O)CN3C(=O)CC(c4ccccc4)C3=O)C(c3ccco3)C2)cc1. The molecule has 1 aromatic heterocycles. The number of hydrazone groups is 1. The van der Waals surface area contributed by atoms with Crippen LogP contribution >= 0.6 is 0 Å². The van der Waals surface area contributed by atoms with Gasteiger partial charge in [0.05, 0.1) is 25.0 Å². The molecule has 2 aliphatic rings. The summed E-state index contributed by atoms with van der Waals surface area (Å²) in [6.07, 6.45) is 2.04. The zero-order valence-electron chi connectivity index (χ0n) is 18.6. The van der Waals surface area contributed by atoms with Crippen LogP contribution in [0.1, 0.15) is 41.7 Å². The lowest BCUT2D eigenvalue weighted by atomic mass is 9.98. The number of nitrogens with zero attached hydrogens (tertiary/aromatic N) is 3. The molecule has 0 spiro atoms. The Morgan fingerprint density at radius 3 is 2.47 bits per heavy atom. The lowest BCUT2D eigenvalue weighted by Crippen LogP contribution is -2.41. The van der Waals surface area contributed by atoms with Crippen molar-refractivity contribution in [3.8, 4) is 5.75 Å². The first-order valence-electron chi connectivity index (χ1n) is 11.0. The molecule has 172 valence electrons. The van der Waals surface area contributed by atoms with E-state index in [1.54, 1.807) is 25.5 Å². The van der Waals surface area contributed by atoms with Crippen molar-refractivity contribution < 1.29 is 23.5 Å². The normalized spacial score (nSPS) is 20.1. The van der Waals surface area contributed by atoms with Gasteiger partial charge in [0.15, 0.2) is 0 Å². The quantitative estimate of drug-likeness (QED) is 0.528. The molecular weight excluding hydrogens is 434 g/mol. The first kappa shape index (κ1) is 21.6. The van der Waals surface area contributed by atoms with Gasteiger partial charge in [-0.1, -0.05) is 30.3 Å². The minimum Gasteiger partial charge on any atom is -0.497 e. The Morgan fingerprint density at radius 1 is 1.03 bits per heavy atom. The number of benzene rings is 2. The molecule has 3 heterocycles. The van der Waals surface area contributed by atoms with Crippen LogP contribution in [0.2, 0.25) is 0 Å². The van der Waals surface area contributed by atoms with Crippen molar-refractivity contribution in [2.75, 3.05) is 13.7 Å². The van der Waals surface area contributed by atoms with Crippen LogP contribution in [0.25, 0.3) is 0 Å². The molecule has 5 rings (SSSR count). The molecule has 34 heavy (non-hydrogen) atoms. The van der Waals surface area contributed by atoms with Gasteiger partial charge in [-0.3, -0.25) is 19.3 Å². The maximum absolute atomic E-state index is 13.3. The Hall–Kier alpha value is -4.20. The Morgan fingerprint density at radius 2 is 1.79 bits per heavy atom. The molecule has 2 aliphatic heterocycles. The standard InChI is InChI=1S/C26H23N3O5/c1-33-19-11-9-18(10-12-19)21-15-22(23-8-5-13-34-23)29(27-21)25(31)16-28-24(30)14-20(26(28)32)17-6-3-2-4-7-17/h2-13,20,22H,14-16H2,1H3. The maximum atomic E-state index is 13.3. The molecule has 2 aromatic carbocycles. The van der Waals surface area contributed by atoms with Crippen LogP contribution in [0.3, 0.4) is 0 Å². The van der Waals surface area contributed by atoms with Crippen molar-refractivity contribution in [1.82, 2.24) is 9.91 Å². The van der Waals surface area contributed by atoms with Crippen molar-refractivity contribution in [3.05, 3.63) is 89.9 Å². The molecule has 2 atom stereocenters. The van der Waals surface area contributed by atoms with Crippen LogP contribution in [0.4, 0.5) is 0 Å². The van der Waals surface area contributed by atoms with Gasteiger partial charge < -0.3 is 9.15 Å². The van der Waals surface area contributed by atoms with Crippen LogP contribution in [-0.4, -0.2) is 47.0 Å². The summed E-state index contributed by atoms with van der Waals surface area (Å²) in [6, 6.07) is 19.6. The fourth-order valence-corrected chi connectivity index (χ4v) is 4.40. The van der Waals surface area contributed by atoms with Crippen LogP contribution in [0, 0.1) is 0 Å². The van der Waals surface area contributed by atoms with E-state index in [1.807, 2.05) is 54.6 Å². The highest BCUT2D eigenvalue weighted by Crippen LogP contribution is 2.35. The van der Waals surface area contributed by atoms with Crippen LogP contribution < -0.4 is 4.74 Å². The Kier molecular flexibility index (Phi) is 5.71. The number of carbonyl (C=O) groups is 3. The van der Waals surface area contributed by atoms with E-state index in [-0.39, 0.29) is 24.8 Å². The molecule has 0 saturated carbocycles. The number of hydrogen-bond acceptors (Lipinski definition) is 6. The van der Waals surface area contributed by atoms with Gasteiger partial charge in [0.25, 0.3) is 5.91 Å². The molecule has 0 aliphatic carbocycles. The summed E-state index contributed by atoms with van der Waals surface area (Å²) >= 11 is 0. The summed E-state index contributed by atoms with van der Waals surface area (Å²) in [5.74, 6) is -0.434. The fourth-order valence-electron chi connectivity index (χ4n) is 4.40. The number of amides is 3. The molecule has 2 unspecified atom stereocenters. The molecule has 8 heteroatoms. The van der Waals surface area contributed by atoms with Crippen LogP contribution in [0.5, 0.6) is 5.75 Å². The van der Waals surface area contributed by atoms with Gasteiger partial charge in [-0.2, -0.15) is 5.10 Å². The van der Waals surface area contributed by atoms with Gasteiger partial charge >= 0.3 is 0 Å². The van der Waals surface area contributed by atoms with E-state index in [4.69, 9.17) is 9.15 Å². The summed E-state index contributed by atoms with van der Waals surface area (Å²) in [7, 11) is 1.60. The fraction of sp³-hybridized carbons (Fsp3) is 0.231. The van der Waals surface area contributed by atoms with E-state index in [0.717, 1.165) is 21.8 Å². The summed E-state index contributed by atoms with van der Waals surface area (Å²) in [4.78, 5) is 40.0.